The first-order chi connectivity index (χ1) is 8.93. The summed E-state index contributed by atoms with van der Waals surface area (Å²) in [5, 5.41) is 9.52. The van der Waals surface area contributed by atoms with Crippen molar-refractivity contribution in [2.75, 3.05) is 19.3 Å². The van der Waals surface area contributed by atoms with Crippen molar-refractivity contribution >= 4 is 17.7 Å². The molecule has 1 unspecified atom stereocenters. The molecule has 108 valence electrons. The summed E-state index contributed by atoms with van der Waals surface area (Å²) in [6.45, 7) is 8.09. The Labute approximate surface area is 119 Å². The van der Waals surface area contributed by atoms with Crippen LogP contribution in [0, 0.1) is 6.92 Å². The maximum Gasteiger partial charge on any atom is 0.313 e. The molecular formula is C13H23N3O2S. The Morgan fingerprint density at radius 3 is 2.89 bits per heavy atom. The van der Waals surface area contributed by atoms with Gasteiger partial charge in [0.25, 0.3) is 0 Å². The van der Waals surface area contributed by atoms with Gasteiger partial charge in [-0.25, -0.2) is 4.98 Å². The number of hydrogen-bond acceptors (Lipinski definition) is 4. The number of aliphatic carboxylic acids is 1. The molecule has 6 heteroatoms. The van der Waals surface area contributed by atoms with Crippen LogP contribution in [0.4, 0.5) is 0 Å². The zero-order chi connectivity index (χ0) is 14.4. The molecule has 0 aromatic carbocycles. The smallest absolute Gasteiger partial charge is 0.313 e. The fourth-order valence-electron chi connectivity index (χ4n) is 1.72. The molecule has 0 saturated heterocycles. The van der Waals surface area contributed by atoms with Crippen LogP contribution in [0.5, 0.6) is 0 Å². The third-order valence-electron chi connectivity index (χ3n) is 3.22. The van der Waals surface area contributed by atoms with Gasteiger partial charge in [0.2, 0.25) is 0 Å². The molecule has 0 aliphatic carbocycles. The second-order valence-electron chi connectivity index (χ2n) is 4.78. The quantitative estimate of drug-likeness (QED) is 0.741. The van der Waals surface area contributed by atoms with E-state index in [1.165, 1.54) is 11.8 Å². The van der Waals surface area contributed by atoms with E-state index in [9.17, 15) is 4.79 Å². The number of aromatic nitrogens is 2. The number of hydrogen-bond donors (Lipinski definition) is 1. The molecule has 1 aromatic heterocycles. The maximum absolute atomic E-state index is 10.6. The van der Waals surface area contributed by atoms with Crippen molar-refractivity contribution < 1.29 is 9.90 Å². The number of nitrogens with zero attached hydrogens (tertiary/aromatic N) is 3. The predicted molar refractivity (Wildman–Crippen MR) is 77.7 cm³/mol. The highest BCUT2D eigenvalue weighted by molar-refractivity contribution is 7.99. The van der Waals surface area contributed by atoms with Crippen molar-refractivity contribution in [1.82, 2.24) is 14.5 Å². The zero-order valence-corrected chi connectivity index (χ0v) is 12.9. The average Bonchev–Trinajstić information content (AvgIpc) is 2.72. The average molecular weight is 285 g/mol. The van der Waals surface area contributed by atoms with Crippen LogP contribution >= 0.6 is 11.8 Å². The minimum Gasteiger partial charge on any atom is -0.481 e. The first-order valence-electron chi connectivity index (χ1n) is 6.52. The van der Waals surface area contributed by atoms with E-state index in [1.807, 2.05) is 17.7 Å². The molecule has 0 fully saturated rings. The summed E-state index contributed by atoms with van der Waals surface area (Å²) < 4.78 is 2.04. The number of carboxylic acid groups (broad SMARTS) is 1. The summed E-state index contributed by atoms with van der Waals surface area (Å²) in [5.74, 6) is -0.758. The molecule has 0 aliphatic heterocycles. The van der Waals surface area contributed by atoms with Gasteiger partial charge >= 0.3 is 5.97 Å². The summed E-state index contributed by atoms with van der Waals surface area (Å²) in [4.78, 5) is 17.3. The minimum atomic E-state index is -0.811. The van der Waals surface area contributed by atoms with Gasteiger partial charge in [0.1, 0.15) is 0 Å². The zero-order valence-electron chi connectivity index (χ0n) is 12.1. The third-order valence-corrected chi connectivity index (χ3v) is 4.20. The van der Waals surface area contributed by atoms with Gasteiger partial charge in [0.15, 0.2) is 5.16 Å². The van der Waals surface area contributed by atoms with Gasteiger partial charge in [-0.2, -0.15) is 0 Å². The molecule has 1 atom stereocenters. The molecular weight excluding hydrogens is 262 g/mol. The molecule has 0 spiro atoms. The largest absolute Gasteiger partial charge is 0.481 e. The van der Waals surface area contributed by atoms with Gasteiger partial charge in [0.05, 0.1) is 11.4 Å². The molecule has 19 heavy (non-hydrogen) atoms. The van der Waals surface area contributed by atoms with E-state index in [4.69, 9.17) is 5.11 Å². The van der Waals surface area contributed by atoms with Gasteiger partial charge < -0.3 is 14.6 Å². The lowest BCUT2D eigenvalue weighted by Gasteiger charge is -2.23. The Morgan fingerprint density at radius 1 is 1.63 bits per heavy atom. The van der Waals surface area contributed by atoms with Crippen molar-refractivity contribution in [2.45, 2.75) is 44.9 Å². The number of carbonyl (C=O) groups is 1. The van der Waals surface area contributed by atoms with Crippen molar-refractivity contribution in [1.29, 1.82) is 0 Å². The SMILES string of the molecule is CCC(C)N(C)CCn1cc(C)nc1SCC(=O)O. The first kappa shape index (κ1) is 16.0. The van der Waals surface area contributed by atoms with Gasteiger partial charge in [-0.3, -0.25) is 4.79 Å². The molecule has 0 saturated carbocycles. The molecule has 0 amide bonds. The van der Waals surface area contributed by atoms with Crippen molar-refractivity contribution in [3.8, 4) is 0 Å². The minimum absolute atomic E-state index is 0.0532. The molecule has 5 nitrogen and oxygen atoms in total. The molecule has 1 N–H and O–H groups in total. The number of rotatable bonds is 8. The number of likely N-dealkylation sites (N-methyl/N-ethyl adjacent to an activating group) is 1. The fraction of sp³-hybridized carbons (Fsp3) is 0.692. The highest BCUT2D eigenvalue weighted by Crippen LogP contribution is 2.17. The Balaban J connectivity index is 2.59. The van der Waals surface area contributed by atoms with Crippen molar-refractivity contribution in [3.05, 3.63) is 11.9 Å². The van der Waals surface area contributed by atoms with Crippen molar-refractivity contribution in [2.24, 2.45) is 0 Å². The van der Waals surface area contributed by atoms with Crippen molar-refractivity contribution in [3.63, 3.8) is 0 Å². The standard InChI is InChI=1S/C13H23N3O2S/c1-5-11(3)15(4)6-7-16-8-10(2)14-13(16)19-9-12(17)18/h8,11H,5-7,9H2,1-4H3,(H,17,18). The lowest BCUT2D eigenvalue weighted by molar-refractivity contribution is -0.133. The van der Waals surface area contributed by atoms with E-state index in [1.54, 1.807) is 0 Å². The van der Waals surface area contributed by atoms with E-state index in [0.29, 0.717) is 6.04 Å². The summed E-state index contributed by atoms with van der Waals surface area (Å²) in [6.07, 6.45) is 3.11. The lowest BCUT2D eigenvalue weighted by atomic mass is 10.2. The molecule has 0 radical (unpaired) electrons. The highest BCUT2D eigenvalue weighted by atomic mass is 32.2. The van der Waals surface area contributed by atoms with Crippen LogP contribution in [-0.4, -0.2) is 50.9 Å². The lowest BCUT2D eigenvalue weighted by Crippen LogP contribution is -2.31. The van der Waals surface area contributed by atoms with Crippen LogP contribution in [0.3, 0.4) is 0 Å². The summed E-state index contributed by atoms with van der Waals surface area (Å²) >= 11 is 1.28. The highest BCUT2D eigenvalue weighted by Gasteiger charge is 2.11. The van der Waals surface area contributed by atoms with Gasteiger partial charge in [-0.15, -0.1) is 0 Å². The Morgan fingerprint density at radius 2 is 2.32 bits per heavy atom. The Kier molecular flexibility index (Phi) is 6.37. The van der Waals surface area contributed by atoms with Gasteiger partial charge in [-0.1, -0.05) is 18.7 Å². The fourth-order valence-corrected chi connectivity index (χ4v) is 2.49. The summed E-state index contributed by atoms with van der Waals surface area (Å²) in [5.41, 5.74) is 0.930. The Bertz CT molecular complexity index is 420. The van der Waals surface area contributed by atoms with E-state index < -0.39 is 5.97 Å². The van der Waals surface area contributed by atoms with E-state index >= 15 is 0 Å². The number of carboxylic acids is 1. The molecule has 1 rings (SSSR count). The first-order valence-corrected chi connectivity index (χ1v) is 7.51. The Hall–Kier alpha value is -1.01. The summed E-state index contributed by atoms with van der Waals surface area (Å²) in [7, 11) is 2.11. The molecule has 1 heterocycles. The maximum atomic E-state index is 10.6. The number of imidazole rings is 1. The monoisotopic (exact) mass is 285 g/mol. The van der Waals surface area contributed by atoms with Crippen LogP contribution in [0.15, 0.2) is 11.4 Å². The normalized spacial score (nSPS) is 12.9. The second kappa shape index (κ2) is 7.55. The van der Waals surface area contributed by atoms with Crippen LogP contribution in [-0.2, 0) is 11.3 Å². The number of aryl methyl sites for hydroxylation is 1. The summed E-state index contributed by atoms with van der Waals surface area (Å²) in [6, 6.07) is 0.555. The van der Waals surface area contributed by atoms with Crippen LogP contribution in [0.25, 0.3) is 0 Å². The molecule has 0 bridgehead atoms. The van der Waals surface area contributed by atoms with Gasteiger partial charge in [-0.05, 0) is 27.3 Å². The number of thioether (sulfide) groups is 1. The molecule has 1 aromatic rings. The van der Waals surface area contributed by atoms with E-state index in [-0.39, 0.29) is 5.75 Å². The van der Waals surface area contributed by atoms with E-state index in [2.05, 4.69) is 30.8 Å². The second-order valence-corrected chi connectivity index (χ2v) is 5.72. The predicted octanol–water partition coefficient (Wildman–Crippen LogP) is 2.10. The van der Waals surface area contributed by atoms with Crippen LogP contribution in [0.2, 0.25) is 0 Å². The third kappa shape index (κ3) is 5.24. The molecule has 0 aliphatic rings. The van der Waals surface area contributed by atoms with Crippen LogP contribution < -0.4 is 0 Å². The van der Waals surface area contributed by atoms with Crippen LogP contribution in [0.1, 0.15) is 26.0 Å². The van der Waals surface area contributed by atoms with Gasteiger partial charge in [0, 0.05) is 25.3 Å². The topological polar surface area (TPSA) is 58.4 Å². The van der Waals surface area contributed by atoms with E-state index in [0.717, 1.165) is 30.4 Å².